The Morgan fingerprint density at radius 2 is 1.80 bits per heavy atom. The molecule has 9 nitrogen and oxygen atoms in total. The van der Waals surface area contributed by atoms with Crippen molar-refractivity contribution < 1.29 is 4.79 Å². The summed E-state index contributed by atoms with van der Waals surface area (Å²) in [4.78, 5) is 47.7. The average Bonchev–Trinajstić information content (AvgIpc) is 2.82. The third-order valence-electron chi connectivity index (χ3n) is 6.26. The van der Waals surface area contributed by atoms with Gasteiger partial charge in [-0.05, 0) is 30.9 Å². The lowest BCUT2D eigenvalue weighted by Gasteiger charge is -2.40. The van der Waals surface area contributed by atoms with Crippen LogP contribution in [0.15, 0.2) is 36.0 Å². The first-order valence-electron chi connectivity index (χ1n) is 11.8. The Morgan fingerprint density at radius 3 is 2.37 bits per heavy atom. The van der Waals surface area contributed by atoms with E-state index in [1.165, 1.54) is 16.8 Å². The number of carbonyl (C=O) groups excluding carboxylic acids is 1. The van der Waals surface area contributed by atoms with Crippen LogP contribution in [0.1, 0.15) is 57.8 Å². The minimum Gasteiger partial charge on any atom is -0.350 e. The number of hydrogen-bond acceptors (Lipinski definition) is 7. The summed E-state index contributed by atoms with van der Waals surface area (Å²) in [5.41, 5.74) is 2.11. The molecule has 3 aromatic rings. The second-order valence-electron chi connectivity index (χ2n) is 9.41. The normalized spacial score (nSPS) is 16.4. The van der Waals surface area contributed by atoms with Crippen LogP contribution in [-0.4, -0.2) is 61.0 Å². The predicted molar refractivity (Wildman–Crippen MR) is 137 cm³/mol. The lowest BCUT2D eigenvalue weighted by Crippen LogP contribution is -2.54. The van der Waals surface area contributed by atoms with Gasteiger partial charge in [0.15, 0.2) is 5.65 Å². The number of piperazine rings is 1. The molecule has 0 N–H and O–H groups in total. The summed E-state index contributed by atoms with van der Waals surface area (Å²) in [5.74, 6) is 0.495. The second kappa shape index (κ2) is 9.73. The maximum Gasteiger partial charge on any atom is 0.355 e. The van der Waals surface area contributed by atoms with Crippen LogP contribution in [0.5, 0.6) is 0 Å². The highest BCUT2D eigenvalue weighted by molar-refractivity contribution is 6.31. The van der Waals surface area contributed by atoms with Gasteiger partial charge in [-0.25, -0.2) is 24.3 Å². The summed E-state index contributed by atoms with van der Waals surface area (Å²) in [7, 11) is 0. The van der Waals surface area contributed by atoms with Gasteiger partial charge in [0.25, 0.3) is 0 Å². The highest BCUT2D eigenvalue weighted by Gasteiger charge is 2.30. The summed E-state index contributed by atoms with van der Waals surface area (Å²) >= 11 is 6.37. The molecular formula is C25H30ClN7O2. The summed E-state index contributed by atoms with van der Waals surface area (Å²) in [6.07, 6.45) is 4.39. The molecule has 0 aliphatic carbocycles. The summed E-state index contributed by atoms with van der Waals surface area (Å²) < 4.78 is 1.52. The topological polar surface area (TPSA) is 97.1 Å². The largest absolute Gasteiger partial charge is 0.355 e. The highest BCUT2D eigenvalue weighted by atomic mass is 35.5. The quantitative estimate of drug-likeness (QED) is 0.498. The Kier molecular flexibility index (Phi) is 6.89. The van der Waals surface area contributed by atoms with E-state index in [0.29, 0.717) is 47.2 Å². The number of rotatable bonds is 5. The fourth-order valence-electron chi connectivity index (χ4n) is 4.57. The van der Waals surface area contributed by atoms with E-state index in [2.05, 4.69) is 26.5 Å². The number of fused-ring (bicyclic) bond motifs is 1. The van der Waals surface area contributed by atoms with E-state index in [1.807, 2.05) is 39.5 Å². The number of hydrogen-bond donors (Lipinski definition) is 0. The van der Waals surface area contributed by atoms with Crippen molar-refractivity contribution in [2.75, 3.05) is 24.5 Å². The molecule has 0 spiro atoms. The van der Waals surface area contributed by atoms with E-state index >= 15 is 0 Å². The van der Waals surface area contributed by atoms with Gasteiger partial charge in [-0.15, -0.1) is 0 Å². The molecule has 1 aliphatic rings. The second-order valence-corrected chi connectivity index (χ2v) is 9.85. The van der Waals surface area contributed by atoms with Crippen molar-refractivity contribution in [3.8, 4) is 5.69 Å². The zero-order chi connectivity index (χ0) is 25.4. The standard InChI is InChI=1S/C25H30ClN7O2/c1-7-19(34)31-8-9-32(16(6)12-31)24-18-10-17(26)11-27-23(18)33(25(35)30-24)22-20(14(2)3)28-13-29-21(22)15(4)5/h7,10-11,13-16H,1,8-9,12H2,2-6H3/t16-/m0/s1. The Balaban J connectivity index is 1.96. The molecule has 184 valence electrons. The van der Waals surface area contributed by atoms with Crippen molar-refractivity contribution >= 4 is 34.4 Å². The molecule has 0 saturated carbocycles. The molecule has 1 amide bonds. The SMILES string of the molecule is C=CC(=O)N1CCN(c2nc(=O)n(-c3c(C(C)C)ncnc3C(C)C)c3ncc(Cl)cc23)[C@@H](C)C1. The first kappa shape index (κ1) is 24.8. The summed E-state index contributed by atoms with van der Waals surface area (Å²) in [6, 6.07) is 1.71. The molecule has 0 unspecified atom stereocenters. The molecule has 4 heterocycles. The van der Waals surface area contributed by atoms with Crippen LogP contribution in [0, 0.1) is 0 Å². The fraction of sp³-hybridized carbons (Fsp3) is 0.440. The van der Waals surface area contributed by atoms with Crippen molar-refractivity contribution in [1.82, 2.24) is 29.4 Å². The maximum atomic E-state index is 13.7. The lowest BCUT2D eigenvalue weighted by molar-refractivity contribution is -0.126. The van der Waals surface area contributed by atoms with Gasteiger partial charge < -0.3 is 9.80 Å². The van der Waals surface area contributed by atoms with E-state index in [-0.39, 0.29) is 23.8 Å². The minimum atomic E-state index is -0.460. The number of amides is 1. The third kappa shape index (κ3) is 4.52. The minimum absolute atomic E-state index is 0.0509. The van der Waals surface area contributed by atoms with Crippen molar-refractivity contribution in [3.05, 3.63) is 58.1 Å². The van der Waals surface area contributed by atoms with Crippen LogP contribution in [0.3, 0.4) is 0 Å². The van der Waals surface area contributed by atoms with Gasteiger partial charge in [0.2, 0.25) is 5.91 Å². The fourth-order valence-corrected chi connectivity index (χ4v) is 4.73. The van der Waals surface area contributed by atoms with Crippen molar-refractivity contribution in [2.24, 2.45) is 0 Å². The molecule has 1 saturated heterocycles. The molecule has 1 aliphatic heterocycles. The number of halogens is 1. The van der Waals surface area contributed by atoms with Crippen LogP contribution in [0.4, 0.5) is 5.82 Å². The van der Waals surface area contributed by atoms with E-state index in [4.69, 9.17) is 11.6 Å². The first-order chi connectivity index (χ1) is 16.6. The average molecular weight is 496 g/mol. The predicted octanol–water partition coefficient (Wildman–Crippen LogP) is 3.69. The van der Waals surface area contributed by atoms with Crippen molar-refractivity contribution in [2.45, 2.75) is 52.5 Å². The van der Waals surface area contributed by atoms with Gasteiger partial charge in [0.1, 0.15) is 12.1 Å². The smallest absolute Gasteiger partial charge is 0.350 e. The lowest BCUT2D eigenvalue weighted by atomic mass is 10.0. The number of pyridine rings is 1. The van der Waals surface area contributed by atoms with Gasteiger partial charge in [-0.1, -0.05) is 45.9 Å². The molecule has 0 bridgehead atoms. The molecule has 35 heavy (non-hydrogen) atoms. The molecule has 3 aromatic heterocycles. The Labute approximate surface area is 209 Å². The van der Waals surface area contributed by atoms with E-state index in [9.17, 15) is 9.59 Å². The van der Waals surface area contributed by atoms with Crippen LogP contribution >= 0.6 is 11.6 Å². The van der Waals surface area contributed by atoms with Gasteiger partial charge in [-0.2, -0.15) is 4.98 Å². The van der Waals surface area contributed by atoms with Gasteiger partial charge in [-0.3, -0.25) is 4.79 Å². The molecule has 4 rings (SSSR count). The van der Waals surface area contributed by atoms with Crippen LogP contribution < -0.4 is 10.6 Å². The van der Waals surface area contributed by atoms with Gasteiger partial charge in [0.05, 0.1) is 27.5 Å². The highest BCUT2D eigenvalue weighted by Crippen LogP contribution is 2.32. The molecule has 0 aromatic carbocycles. The number of carbonyl (C=O) groups is 1. The van der Waals surface area contributed by atoms with Crippen LogP contribution in [-0.2, 0) is 4.79 Å². The zero-order valence-corrected chi connectivity index (χ0v) is 21.5. The number of nitrogens with zero attached hydrogens (tertiary/aromatic N) is 7. The zero-order valence-electron chi connectivity index (χ0n) is 20.7. The Bertz CT molecular complexity index is 1330. The van der Waals surface area contributed by atoms with E-state index in [0.717, 1.165) is 11.4 Å². The monoisotopic (exact) mass is 495 g/mol. The Morgan fingerprint density at radius 1 is 1.14 bits per heavy atom. The van der Waals surface area contributed by atoms with E-state index in [1.54, 1.807) is 17.3 Å². The number of anilines is 1. The molecule has 1 fully saturated rings. The molecular weight excluding hydrogens is 466 g/mol. The molecule has 0 radical (unpaired) electrons. The van der Waals surface area contributed by atoms with Gasteiger partial charge >= 0.3 is 5.69 Å². The Hall–Kier alpha value is -3.33. The summed E-state index contributed by atoms with van der Waals surface area (Å²) in [6.45, 7) is 15.2. The van der Waals surface area contributed by atoms with E-state index < -0.39 is 5.69 Å². The summed E-state index contributed by atoms with van der Waals surface area (Å²) in [5, 5.41) is 1.09. The van der Waals surface area contributed by atoms with Crippen molar-refractivity contribution in [3.63, 3.8) is 0 Å². The van der Waals surface area contributed by atoms with Crippen LogP contribution in [0.2, 0.25) is 5.02 Å². The molecule has 1 atom stereocenters. The first-order valence-corrected chi connectivity index (χ1v) is 12.1. The van der Waals surface area contributed by atoms with Crippen molar-refractivity contribution in [1.29, 1.82) is 0 Å². The third-order valence-corrected chi connectivity index (χ3v) is 6.47. The maximum absolute atomic E-state index is 13.7. The van der Waals surface area contributed by atoms with Crippen LogP contribution in [0.25, 0.3) is 16.7 Å². The number of aromatic nitrogens is 5. The molecule has 10 heteroatoms. The van der Waals surface area contributed by atoms with Gasteiger partial charge in [0, 0.05) is 31.9 Å².